The van der Waals surface area contributed by atoms with Gasteiger partial charge in [0.25, 0.3) is 0 Å². The molecule has 0 aliphatic heterocycles. The molecule has 0 spiro atoms. The summed E-state index contributed by atoms with van der Waals surface area (Å²) in [5.41, 5.74) is 2.99. The van der Waals surface area contributed by atoms with Gasteiger partial charge in [0, 0.05) is 7.11 Å². The molecule has 1 aromatic rings. The number of phenols is 1. The number of fused-ring (bicyclic) bond motifs is 5. The summed E-state index contributed by atoms with van der Waals surface area (Å²) in [7, 11) is 1.00. The molecule has 2 saturated carbocycles. The first kappa shape index (κ1) is 15.8. The number of aromatic hydroxyl groups is 1. The highest BCUT2D eigenvalue weighted by Crippen LogP contribution is 2.60. The molecule has 5 atom stereocenters. The molecule has 3 aliphatic rings. The van der Waals surface area contributed by atoms with Crippen LogP contribution in [0.5, 0.6) is 5.75 Å². The first-order chi connectivity index (χ1) is 10.6. The van der Waals surface area contributed by atoms with E-state index in [2.05, 4.69) is 13.0 Å². The minimum absolute atomic E-state index is 0.0883. The van der Waals surface area contributed by atoms with E-state index in [4.69, 9.17) is 5.11 Å². The fourth-order valence-corrected chi connectivity index (χ4v) is 5.54. The van der Waals surface area contributed by atoms with E-state index in [1.165, 1.54) is 30.4 Å². The van der Waals surface area contributed by atoms with Crippen molar-refractivity contribution < 1.29 is 15.3 Å². The van der Waals surface area contributed by atoms with Crippen LogP contribution in [-0.4, -0.2) is 28.5 Å². The lowest BCUT2D eigenvalue weighted by Gasteiger charge is -2.50. The summed E-state index contributed by atoms with van der Waals surface area (Å²) in [5.74, 6) is 2.49. The van der Waals surface area contributed by atoms with Crippen molar-refractivity contribution >= 4 is 0 Å². The molecule has 3 aliphatic carbocycles. The van der Waals surface area contributed by atoms with Gasteiger partial charge in [0.1, 0.15) is 5.75 Å². The number of phenolic OH excluding ortho intramolecular Hbond substituents is 1. The molecule has 4 rings (SSSR count). The van der Waals surface area contributed by atoms with E-state index in [0.29, 0.717) is 17.6 Å². The fourth-order valence-electron chi connectivity index (χ4n) is 5.54. The lowest BCUT2D eigenvalue weighted by atomic mass is 9.55. The van der Waals surface area contributed by atoms with Crippen LogP contribution in [0.3, 0.4) is 0 Å². The van der Waals surface area contributed by atoms with Gasteiger partial charge < -0.3 is 15.3 Å². The minimum atomic E-state index is -0.0883. The molecule has 3 N–H and O–H groups in total. The van der Waals surface area contributed by atoms with Crippen molar-refractivity contribution in [3.8, 4) is 5.75 Å². The molecular weight excluding hydrogens is 276 g/mol. The van der Waals surface area contributed by atoms with Crippen molar-refractivity contribution in [2.45, 2.75) is 57.5 Å². The normalized spacial score (nSPS) is 39.1. The zero-order chi connectivity index (χ0) is 15.9. The van der Waals surface area contributed by atoms with Gasteiger partial charge in [-0.3, -0.25) is 0 Å². The second-order valence-electron chi connectivity index (χ2n) is 7.44. The Kier molecular flexibility index (Phi) is 4.21. The van der Waals surface area contributed by atoms with Crippen molar-refractivity contribution in [3.63, 3.8) is 0 Å². The molecule has 0 heterocycles. The number of aliphatic hydroxyl groups is 2. The summed E-state index contributed by atoms with van der Waals surface area (Å²) < 4.78 is 0. The average Bonchev–Trinajstić information content (AvgIpc) is 2.84. The van der Waals surface area contributed by atoms with E-state index < -0.39 is 0 Å². The Labute approximate surface area is 133 Å². The second-order valence-corrected chi connectivity index (χ2v) is 7.44. The van der Waals surface area contributed by atoms with E-state index in [0.717, 1.165) is 32.3 Å². The lowest BCUT2D eigenvalue weighted by molar-refractivity contribution is -0.0226. The van der Waals surface area contributed by atoms with Gasteiger partial charge in [-0.1, -0.05) is 13.0 Å². The standard InChI is InChI=1S/C18H24O2.CH4O/c1-18-9-8-14-13-5-3-12(19)10-11(13)2-4-15(14)16(18)6-7-17(18)20;1-2/h3,5,10,14-17,19-20H,2,4,6-9H2,1H3;2H,1H3/t14-,15-,16+,17+,18+;/m1./s1. The fraction of sp³-hybridized carbons (Fsp3) is 0.684. The van der Waals surface area contributed by atoms with Crippen LogP contribution in [0.25, 0.3) is 0 Å². The number of benzene rings is 1. The first-order valence-electron chi connectivity index (χ1n) is 8.54. The van der Waals surface area contributed by atoms with Crippen molar-refractivity contribution in [2.75, 3.05) is 7.11 Å². The van der Waals surface area contributed by atoms with Gasteiger partial charge in [-0.05, 0) is 85.0 Å². The van der Waals surface area contributed by atoms with E-state index in [1.807, 2.05) is 12.1 Å². The summed E-state index contributed by atoms with van der Waals surface area (Å²) in [5, 5.41) is 27.0. The quantitative estimate of drug-likeness (QED) is 0.689. The molecule has 0 radical (unpaired) electrons. The summed E-state index contributed by atoms with van der Waals surface area (Å²) in [6.45, 7) is 2.32. The van der Waals surface area contributed by atoms with E-state index in [9.17, 15) is 10.2 Å². The number of hydrogen-bond donors (Lipinski definition) is 3. The van der Waals surface area contributed by atoms with Crippen molar-refractivity contribution in [1.29, 1.82) is 0 Å². The maximum Gasteiger partial charge on any atom is 0.115 e. The van der Waals surface area contributed by atoms with E-state index in [1.54, 1.807) is 0 Å². The molecular formula is C19H28O3. The Morgan fingerprint density at radius 2 is 1.86 bits per heavy atom. The molecule has 0 aromatic heterocycles. The van der Waals surface area contributed by atoms with Crippen LogP contribution in [0.4, 0.5) is 0 Å². The largest absolute Gasteiger partial charge is 0.508 e. The van der Waals surface area contributed by atoms with Crippen molar-refractivity contribution in [1.82, 2.24) is 0 Å². The van der Waals surface area contributed by atoms with Crippen LogP contribution in [0.1, 0.15) is 56.1 Å². The van der Waals surface area contributed by atoms with Crippen molar-refractivity contribution in [2.24, 2.45) is 17.3 Å². The molecule has 3 heteroatoms. The summed E-state index contributed by atoms with van der Waals surface area (Å²) in [6.07, 6.45) is 6.78. The number of hydrogen-bond acceptors (Lipinski definition) is 3. The SMILES string of the molecule is CO.C[C@]12CC[C@@H]3c4ccc(O)cc4CC[C@H]3[C@@H]1CC[C@@H]2O. The Morgan fingerprint density at radius 3 is 2.64 bits per heavy atom. The Balaban J connectivity index is 0.000000693. The molecule has 3 nitrogen and oxygen atoms in total. The highest BCUT2D eigenvalue weighted by Gasteiger charge is 2.54. The molecule has 1 aromatic carbocycles. The maximum absolute atomic E-state index is 10.4. The topological polar surface area (TPSA) is 60.7 Å². The van der Waals surface area contributed by atoms with Crippen LogP contribution in [-0.2, 0) is 6.42 Å². The Bertz CT molecular complexity index is 541. The first-order valence-corrected chi connectivity index (χ1v) is 8.54. The van der Waals surface area contributed by atoms with Crippen LogP contribution >= 0.6 is 0 Å². The molecule has 22 heavy (non-hydrogen) atoms. The van der Waals surface area contributed by atoms with Gasteiger partial charge in [0.05, 0.1) is 6.10 Å². The zero-order valence-corrected chi connectivity index (χ0v) is 13.6. The lowest BCUT2D eigenvalue weighted by Crippen LogP contribution is -2.43. The third-order valence-electron chi connectivity index (χ3n) is 6.66. The Hall–Kier alpha value is -1.06. The van der Waals surface area contributed by atoms with Crippen LogP contribution in [0.2, 0.25) is 0 Å². The Morgan fingerprint density at radius 1 is 1.09 bits per heavy atom. The molecule has 122 valence electrons. The smallest absolute Gasteiger partial charge is 0.115 e. The van der Waals surface area contributed by atoms with Crippen LogP contribution in [0, 0.1) is 17.3 Å². The van der Waals surface area contributed by atoms with Crippen LogP contribution in [0.15, 0.2) is 18.2 Å². The van der Waals surface area contributed by atoms with Gasteiger partial charge in [0.2, 0.25) is 0 Å². The van der Waals surface area contributed by atoms with Gasteiger partial charge in [-0.2, -0.15) is 0 Å². The molecule has 2 fully saturated rings. The third-order valence-corrected chi connectivity index (χ3v) is 6.66. The van der Waals surface area contributed by atoms with Gasteiger partial charge >= 0.3 is 0 Å². The second kappa shape index (κ2) is 5.86. The summed E-state index contributed by atoms with van der Waals surface area (Å²) in [4.78, 5) is 0. The van der Waals surface area contributed by atoms with Crippen LogP contribution < -0.4 is 0 Å². The average molecular weight is 304 g/mol. The maximum atomic E-state index is 10.4. The van der Waals surface area contributed by atoms with Gasteiger partial charge in [0.15, 0.2) is 0 Å². The summed E-state index contributed by atoms with van der Waals surface area (Å²) >= 11 is 0. The molecule has 0 unspecified atom stereocenters. The predicted molar refractivity (Wildman–Crippen MR) is 86.9 cm³/mol. The highest BCUT2D eigenvalue weighted by atomic mass is 16.3. The van der Waals surface area contributed by atoms with E-state index in [-0.39, 0.29) is 11.5 Å². The van der Waals surface area contributed by atoms with Crippen molar-refractivity contribution in [3.05, 3.63) is 29.3 Å². The third kappa shape index (κ3) is 2.26. The van der Waals surface area contributed by atoms with E-state index >= 15 is 0 Å². The predicted octanol–water partition coefficient (Wildman–Crippen LogP) is 3.22. The number of rotatable bonds is 0. The number of aliphatic hydroxyl groups excluding tert-OH is 2. The molecule has 0 bridgehead atoms. The van der Waals surface area contributed by atoms with Gasteiger partial charge in [-0.15, -0.1) is 0 Å². The molecule has 0 amide bonds. The minimum Gasteiger partial charge on any atom is -0.508 e. The highest BCUT2D eigenvalue weighted by molar-refractivity contribution is 5.40. The summed E-state index contributed by atoms with van der Waals surface area (Å²) in [6, 6.07) is 5.96. The monoisotopic (exact) mass is 304 g/mol. The molecule has 0 saturated heterocycles. The van der Waals surface area contributed by atoms with Gasteiger partial charge in [-0.25, -0.2) is 0 Å². The zero-order valence-electron chi connectivity index (χ0n) is 13.6. The number of aryl methyl sites for hydroxylation is 1.